The highest BCUT2D eigenvalue weighted by molar-refractivity contribution is 6.01. The average molecular weight is 347 g/mol. The summed E-state index contributed by atoms with van der Waals surface area (Å²) in [5.41, 5.74) is 6.74. The molecular weight excluding hydrogens is 318 g/mol. The van der Waals surface area contributed by atoms with Crippen LogP contribution in [0.5, 0.6) is 6.01 Å². The maximum Gasteiger partial charge on any atom is 0.320 e. The van der Waals surface area contributed by atoms with Crippen LogP contribution in [0, 0.1) is 5.92 Å². The number of nitrogen functional groups attached to an aromatic ring is 1. The number of nitrogens with zero attached hydrogens (tertiary/aromatic N) is 3. The minimum atomic E-state index is -0.0343. The Morgan fingerprint density at radius 2 is 2.04 bits per heavy atom. The molecule has 2 aliphatic rings. The molecule has 7 heteroatoms. The van der Waals surface area contributed by atoms with Crippen molar-refractivity contribution in [1.29, 1.82) is 0 Å². The van der Waals surface area contributed by atoms with Crippen molar-refractivity contribution in [2.45, 2.75) is 58.5 Å². The summed E-state index contributed by atoms with van der Waals surface area (Å²) < 4.78 is 5.56. The van der Waals surface area contributed by atoms with Gasteiger partial charge >= 0.3 is 6.01 Å². The average Bonchev–Trinajstić information content (AvgIpc) is 2.88. The number of nitrogens with two attached hydrogens (primary N) is 1. The quantitative estimate of drug-likeness (QED) is 0.732. The molecule has 25 heavy (non-hydrogen) atoms. The largest absolute Gasteiger partial charge is 0.461 e. The zero-order valence-corrected chi connectivity index (χ0v) is 15.3. The van der Waals surface area contributed by atoms with Gasteiger partial charge in [-0.05, 0) is 52.1 Å². The molecule has 0 spiro atoms. The molecule has 3 N–H and O–H groups in total. The van der Waals surface area contributed by atoms with E-state index in [1.54, 1.807) is 4.90 Å². The Kier molecular flexibility index (Phi) is 5.73. The van der Waals surface area contributed by atoms with E-state index in [1.807, 2.05) is 13.8 Å². The molecule has 138 valence electrons. The third-order valence-corrected chi connectivity index (χ3v) is 4.93. The number of amides is 1. The molecule has 1 fully saturated rings. The number of hydrogen-bond donors (Lipinski definition) is 2. The number of hydrogen-bond acceptors (Lipinski definition) is 6. The van der Waals surface area contributed by atoms with Crippen LogP contribution in [0.4, 0.5) is 11.6 Å². The predicted molar refractivity (Wildman–Crippen MR) is 97.7 cm³/mol. The summed E-state index contributed by atoms with van der Waals surface area (Å²) in [6.45, 7) is 6.79. The summed E-state index contributed by atoms with van der Waals surface area (Å²) in [5.74, 6) is 1.87. The van der Waals surface area contributed by atoms with E-state index in [0.29, 0.717) is 18.2 Å². The molecule has 0 aliphatic carbocycles. The van der Waals surface area contributed by atoms with Crippen LogP contribution in [0.2, 0.25) is 0 Å². The van der Waals surface area contributed by atoms with E-state index >= 15 is 0 Å². The van der Waals surface area contributed by atoms with Crippen molar-refractivity contribution in [3.8, 4) is 6.01 Å². The number of nitrogens with one attached hydrogen (secondary N) is 1. The van der Waals surface area contributed by atoms with Gasteiger partial charge in [-0.3, -0.25) is 9.69 Å². The molecule has 3 heterocycles. The second-order valence-electron chi connectivity index (χ2n) is 7.27. The molecule has 0 atom stereocenters. The van der Waals surface area contributed by atoms with E-state index in [0.717, 1.165) is 37.4 Å². The lowest BCUT2D eigenvalue weighted by atomic mass is 9.92. The molecule has 1 amide bonds. The molecule has 3 rings (SSSR count). The number of unbranched alkanes of at least 4 members (excludes halogenated alkanes) is 1. The Bertz CT molecular complexity index is 614. The van der Waals surface area contributed by atoms with E-state index in [9.17, 15) is 4.79 Å². The molecular formula is C18H29N5O2. The van der Waals surface area contributed by atoms with Crippen LogP contribution in [-0.4, -0.2) is 41.6 Å². The standard InChI is InChI=1S/C18H29N5O2/c1-12(2)25-18-21-16(19)14-11-15(24)23(17(14)22-18)10-4-3-5-13-6-8-20-9-7-13/h12-13,20H,3-11H2,1-2H3,(H2,19,21,22). The molecule has 1 saturated heterocycles. The second kappa shape index (κ2) is 7.99. The first-order valence-corrected chi connectivity index (χ1v) is 9.38. The summed E-state index contributed by atoms with van der Waals surface area (Å²) in [6.07, 6.45) is 6.16. The summed E-state index contributed by atoms with van der Waals surface area (Å²) in [6, 6.07) is 0.251. The fourth-order valence-corrected chi connectivity index (χ4v) is 3.59. The van der Waals surface area contributed by atoms with E-state index in [1.165, 1.54) is 19.3 Å². The van der Waals surface area contributed by atoms with Crippen LogP contribution in [0.3, 0.4) is 0 Å². The summed E-state index contributed by atoms with van der Waals surface area (Å²) >= 11 is 0. The number of carbonyl (C=O) groups is 1. The van der Waals surface area contributed by atoms with Crippen molar-refractivity contribution in [3.05, 3.63) is 5.56 Å². The molecule has 7 nitrogen and oxygen atoms in total. The van der Waals surface area contributed by atoms with Crippen molar-refractivity contribution in [2.75, 3.05) is 30.3 Å². The van der Waals surface area contributed by atoms with Crippen LogP contribution in [-0.2, 0) is 11.2 Å². The van der Waals surface area contributed by atoms with E-state index in [-0.39, 0.29) is 24.4 Å². The smallest absolute Gasteiger partial charge is 0.320 e. The number of fused-ring (bicyclic) bond motifs is 1. The Morgan fingerprint density at radius 1 is 1.28 bits per heavy atom. The van der Waals surface area contributed by atoms with Crippen molar-refractivity contribution < 1.29 is 9.53 Å². The molecule has 2 aliphatic heterocycles. The number of aromatic nitrogens is 2. The predicted octanol–water partition coefficient (Wildman–Crippen LogP) is 1.90. The Balaban J connectivity index is 1.59. The fourth-order valence-electron chi connectivity index (χ4n) is 3.59. The molecule has 1 aromatic rings. The minimum Gasteiger partial charge on any atom is -0.461 e. The minimum absolute atomic E-state index is 0.0343. The van der Waals surface area contributed by atoms with Gasteiger partial charge in [0.1, 0.15) is 11.6 Å². The number of rotatable bonds is 7. The molecule has 1 aromatic heterocycles. The number of ether oxygens (including phenoxy) is 1. The normalized spacial score (nSPS) is 18.0. The van der Waals surface area contributed by atoms with Crippen LogP contribution in [0.15, 0.2) is 0 Å². The summed E-state index contributed by atoms with van der Waals surface area (Å²) in [4.78, 5) is 22.7. The molecule has 0 unspecified atom stereocenters. The maximum absolute atomic E-state index is 12.4. The van der Waals surface area contributed by atoms with Gasteiger partial charge in [0.15, 0.2) is 0 Å². The van der Waals surface area contributed by atoms with Gasteiger partial charge in [-0.1, -0.05) is 12.8 Å². The SMILES string of the molecule is CC(C)Oc1nc(N)c2c(n1)N(CCCCC1CCNCC1)C(=O)C2. The fraction of sp³-hybridized carbons (Fsp3) is 0.722. The molecule has 0 bridgehead atoms. The summed E-state index contributed by atoms with van der Waals surface area (Å²) in [5, 5.41) is 3.40. The molecule has 0 radical (unpaired) electrons. The summed E-state index contributed by atoms with van der Waals surface area (Å²) in [7, 11) is 0. The highest BCUT2D eigenvalue weighted by atomic mass is 16.5. The van der Waals surface area contributed by atoms with Crippen molar-refractivity contribution in [1.82, 2.24) is 15.3 Å². The van der Waals surface area contributed by atoms with Crippen molar-refractivity contribution in [2.24, 2.45) is 5.92 Å². The molecule has 0 aromatic carbocycles. The van der Waals surface area contributed by atoms with E-state index in [2.05, 4.69) is 15.3 Å². The Hall–Kier alpha value is -1.89. The number of anilines is 2. The van der Waals surface area contributed by atoms with Crippen molar-refractivity contribution in [3.63, 3.8) is 0 Å². The van der Waals surface area contributed by atoms with E-state index in [4.69, 9.17) is 10.5 Å². The van der Waals surface area contributed by atoms with Gasteiger partial charge in [0.2, 0.25) is 5.91 Å². The highest BCUT2D eigenvalue weighted by Crippen LogP contribution is 2.32. The van der Waals surface area contributed by atoms with Gasteiger partial charge in [0, 0.05) is 12.1 Å². The maximum atomic E-state index is 12.4. The van der Waals surface area contributed by atoms with Crippen molar-refractivity contribution >= 4 is 17.5 Å². The third-order valence-electron chi connectivity index (χ3n) is 4.93. The first-order chi connectivity index (χ1) is 12.0. The first kappa shape index (κ1) is 17.9. The Morgan fingerprint density at radius 3 is 2.76 bits per heavy atom. The highest BCUT2D eigenvalue weighted by Gasteiger charge is 2.32. The lowest BCUT2D eigenvalue weighted by Gasteiger charge is -2.23. The third kappa shape index (κ3) is 4.39. The van der Waals surface area contributed by atoms with Gasteiger partial charge in [-0.2, -0.15) is 9.97 Å². The monoisotopic (exact) mass is 347 g/mol. The van der Waals surface area contributed by atoms with E-state index < -0.39 is 0 Å². The zero-order chi connectivity index (χ0) is 17.8. The topological polar surface area (TPSA) is 93.4 Å². The van der Waals surface area contributed by atoms with Gasteiger partial charge in [-0.15, -0.1) is 0 Å². The zero-order valence-electron chi connectivity index (χ0n) is 15.3. The Labute approximate surface area is 149 Å². The number of carbonyl (C=O) groups excluding carboxylic acids is 1. The lowest BCUT2D eigenvalue weighted by molar-refractivity contribution is -0.117. The van der Waals surface area contributed by atoms with Crippen LogP contribution in [0.1, 0.15) is 51.5 Å². The van der Waals surface area contributed by atoms with Crippen LogP contribution >= 0.6 is 0 Å². The van der Waals surface area contributed by atoms with Gasteiger partial charge < -0.3 is 15.8 Å². The lowest BCUT2D eigenvalue weighted by Crippen LogP contribution is -2.29. The molecule has 0 saturated carbocycles. The van der Waals surface area contributed by atoms with Gasteiger partial charge in [0.05, 0.1) is 12.5 Å². The van der Waals surface area contributed by atoms with Gasteiger partial charge in [0.25, 0.3) is 0 Å². The van der Waals surface area contributed by atoms with Gasteiger partial charge in [-0.25, -0.2) is 0 Å². The van der Waals surface area contributed by atoms with Crippen LogP contribution in [0.25, 0.3) is 0 Å². The number of piperidine rings is 1. The second-order valence-corrected chi connectivity index (χ2v) is 7.27. The van der Waals surface area contributed by atoms with Crippen LogP contribution < -0.4 is 20.7 Å². The first-order valence-electron chi connectivity index (χ1n) is 9.38.